The Hall–Kier alpha value is -1.11. The molecule has 1 aliphatic carbocycles. The van der Waals surface area contributed by atoms with Gasteiger partial charge in [-0.2, -0.15) is 18.3 Å². The summed E-state index contributed by atoms with van der Waals surface area (Å²) in [6, 6.07) is 0. The molecule has 0 aliphatic heterocycles. The Kier molecular flexibility index (Phi) is 3.89. The van der Waals surface area contributed by atoms with Crippen LogP contribution in [0.4, 0.5) is 13.2 Å². The van der Waals surface area contributed by atoms with Crippen LogP contribution in [0.1, 0.15) is 43.3 Å². The van der Waals surface area contributed by atoms with Crippen LogP contribution in [0.3, 0.4) is 0 Å². The van der Waals surface area contributed by atoms with Gasteiger partial charge in [0.25, 0.3) is 0 Å². The van der Waals surface area contributed by atoms with Crippen molar-refractivity contribution in [2.45, 2.75) is 44.3 Å². The fourth-order valence-corrected chi connectivity index (χ4v) is 2.27. The SMILES string of the molecule is Cn1nc(C2CCCC2)nc1CNCC(F)(F)F. The third-order valence-electron chi connectivity index (χ3n) is 3.20. The van der Waals surface area contributed by atoms with Gasteiger partial charge in [-0.25, -0.2) is 4.98 Å². The first kappa shape index (κ1) is 13.3. The highest BCUT2D eigenvalue weighted by Crippen LogP contribution is 2.32. The number of aryl methyl sites for hydroxylation is 1. The lowest BCUT2D eigenvalue weighted by Gasteiger charge is -2.07. The number of hydrogen-bond donors (Lipinski definition) is 1. The number of hydrogen-bond acceptors (Lipinski definition) is 3. The molecule has 0 unspecified atom stereocenters. The van der Waals surface area contributed by atoms with E-state index in [1.807, 2.05) is 0 Å². The molecule has 1 saturated carbocycles. The maximum Gasteiger partial charge on any atom is 0.401 e. The maximum atomic E-state index is 12.0. The molecule has 1 heterocycles. The molecule has 1 aliphatic rings. The van der Waals surface area contributed by atoms with E-state index < -0.39 is 12.7 Å². The highest BCUT2D eigenvalue weighted by atomic mass is 19.4. The number of nitrogens with one attached hydrogen (secondary N) is 1. The Labute approximate surface area is 104 Å². The molecule has 2 rings (SSSR count). The number of alkyl halides is 3. The molecule has 0 saturated heterocycles. The predicted octanol–water partition coefficient (Wildman–Crippen LogP) is 2.12. The highest BCUT2D eigenvalue weighted by molar-refractivity contribution is 5.01. The summed E-state index contributed by atoms with van der Waals surface area (Å²) in [6.45, 7) is -0.908. The first-order valence-corrected chi connectivity index (χ1v) is 6.13. The molecule has 1 aromatic heterocycles. The zero-order valence-corrected chi connectivity index (χ0v) is 10.3. The molecule has 102 valence electrons. The lowest BCUT2D eigenvalue weighted by Crippen LogP contribution is -2.29. The van der Waals surface area contributed by atoms with Crippen LogP contribution in [-0.4, -0.2) is 27.5 Å². The molecule has 0 amide bonds. The minimum Gasteiger partial charge on any atom is -0.302 e. The molecular formula is C11H17F3N4. The minimum absolute atomic E-state index is 0.0930. The average molecular weight is 262 g/mol. The van der Waals surface area contributed by atoms with Crippen LogP contribution in [0.25, 0.3) is 0 Å². The van der Waals surface area contributed by atoms with Gasteiger partial charge in [-0.05, 0) is 12.8 Å². The molecule has 4 nitrogen and oxygen atoms in total. The van der Waals surface area contributed by atoms with Crippen molar-refractivity contribution in [1.82, 2.24) is 20.1 Å². The van der Waals surface area contributed by atoms with Crippen LogP contribution in [0.15, 0.2) is 0 Å². The summed E-state index contributed by atoms with van der Waals surface area (Å²) in [4.78, 5) is 4.33. The summed E-state index contributed by atoms with van der Waals surface area (Å²) in [7, 11) is 1.72. The summed E-state index contributed by atoms with van der Waals surface area (Å²) >= 11 is 0. The van der Waals surface area contributed by atoms with Crippen molar-refractivity contribution in [1.29, 1.82) is 0 Å². The van der Waals surface area contributed by atoms with Gasteiger partial charge in [0.1, 0.15) is 5.82 Å². The topological polar surface area (TPSA) is 42.7 Å². The van der Waals surface area contributed by atoms with Crippen molar-refractivity contribution < 1.29 is 13.2 Å². The van der Waals surface area contributed by atoms with Crippen molar-refractivity contribution in [3.8, 4) is 0 Å². The van der Waals surface area contributed by atoms with Gasteiger partial charge in [-0.3, -0.25) is 4.68 Å². The molecule has 7 heteroatoms. The fraction of sp³-hybridized carbons (Fsp3) is 0.818. The second-order valence-corrected chi connectivity index (χ2v) is 4.71. The molecular weight excluding hydrogens is 245 g/mol. The molecule has 0 spiro atoms. The van der Waals surface area contributed by atoms with Crippen molar-refractivity contribution in [3.05, 3.63) is 11.6 Å². The van der Waals surface area contributed by atoms with Crippen LogP contribution in [-0.2, 0) is 13.6 Å². The van der Waals surface area contributed by atoms with E-state index in [0.29, 0.717) is 11.7 Å². The standard InChI is InChI=1S/C11H17F3N4/c1-18-9(6-15-7-11(12,13)14)16-10(17-18)8-4-2-3-5-8/h8,15H,2-7H2,1H3. The van der Waals surface area contributed by atoms with E-state index >= 15 is 0 Å². The largest absolute Gasteiger partial charge is 0.401 e. The second-order valence-electron chi connectivity index (χ2n) is 4.71. The monoisotopic (exact) mass is 262 g/mol. The Morgan fingerprint density at radius 1 is 1.33 bits per heavy atom. The normalized spacial score (nSPS) is 17.6. The van der Waals surface area contributed by atoms with E-state index in [2.05, 4.69) is 15.4 Å². The summed E-state index contributed by atoms with van der Waals surface area (Å²) < 4.78 is 37.6. The fourth-order valence-electron chi connectivity index (χ4n) is 2.27. The number of rotatable bonds is 4. The Morgan fingerprint density at radius 3 is 2.61 bits per heavy atom. The summed E-state index contributed by atoms with van der Waals surface area (Å²) in [5.41, 5.74) is 0. The van der Waals surface area contributed by atoms with Gasteiger partial charge >= 0.3 is 6.18 Å². The zero-order valence-electron chi connectivity index (χ0n) is 10.3. The zero-order chi connectivity index (χ0) is 13.2. The lowest BCUT2D eigenvalue weighted by molar-refractivity contribution is -0.125. The summed E-state index contributed by atoms with van der Waals surface area (Å²) in [5, 5.41) is 6.63. The van der Waals surface area contributed by atoms with Gasteiger partial charge in [0, 0.05) is 13.0 Å². The Morgan fingerprint density at radius 2 is 2.00 bits per heavy atom. The minimum atomic E-state index is -4.19. The van der Waals surface area contributed by atoms with E-state index in [-0.39, 0.29) is 6.54 Å². The smallest absolute Gasteiger partial charge is 0.302 e. The van der Waals surface area contributed by atoms with E-state index in [9.17, 15) is 13.2 Å². The van der Waals surface area contributed by atoms with Crippen LogP contribution in [0.5, 0.6) is 0 Å². The first-order chi connectivity index (χ1) is 8.46. The van der Waals surface area contributed by atoms with Gasteiger partial charge in [0.15, 0.2) is 5.82 Å². The second kappa shape index (κ2) is 5.26. The number of nitrogens with zero attached hydrogens (tertiary/aromatic N) is 3. The molecule has 0 bridgehead atoms. The van der Waals surface area contributed by atoms with Crippen LogP contribution >= 0.6 is 0 Å². The molecule has 1 fully saturated rings. The van der Waals surface area contributed by atoms with Crippen LogP contribution in [0.2, 0.25) is 0 Å². The van der Waals surface area contributed by atoms with E-state index in [1.54, 1.807) is 11.7 Å². The molecule has 0 aromatic carbocycles. The summed E-state index contributed by atoms with van der Waals surface area (Å²) in [5.74, 6) is 1.72. The number of aromatic nitrogens is 3. The van der Waals surface area contributed by atoms with Gasteiger partial charge in [0.05, 0.1) is 13.1 Å². The third kappa shape index (κ3) is 3.44. The van der Waals surface area contributed by atoms with Gasteiger partial charge in [-0.15, -0.1) is 0 Å². The van der Waals surface area contributed by atoms with Gasteiger partial charge < -0.3 is 5.32 Å². The third-order valence-corrected chi connectivity index (χ3v) is 3.20. The molecule has 0 atom stereocenters. The maximum absolute atomic E-state index is 12.0. The molecule has 1 N–H and O–H groups in total. The van der Waals surface area contributed by atoms with Crippen molar-refractivity contribution >= 4 is 0 Å². The van der Waals surface area contributed by atoms with Crippen LogP contribution in [0, 0.1) is 0 Å². The number of halogens is 3. The highest BCUT2D eigenvalue weighted by Gasteiger charge is 2.27. The summed E-state index contributed by atoms with van der Waals surface area (Å²) in [6.07, 6.45) is 0.348. The molecule has 1 aromatic rings. The lowest BCUT2D eigenvalue weighted by atomic mass is 10.1. The van der Waals surface area contributed by atoms with Crippen molar-refractivity contribution in [2.75, 3.05) is 6.54 Å². The Balaban J connectivity index is 1.92. The first-order valence-electron chi connectivity index (χ1n) is 6.13. The van der Waals surface area contributed by atoms with Gasteiger partial charge in [-0.1, -0.05) is 12.8 Å². The predicted molar refractivity (Wildman–Crippen MR) is 60.0 cm³/mol. The quantitative estimate of drug-likeness (QED) is 0.903. The molecule has 18 heavy (non-hydrogen) atoms. The molecule has 0 radical (unpaired) electrons. The van der Waals surface area contributed by atoms with Crippen LogP contribution < -0.4 is 5.32 Å². The van der Waals surface area contributed by atoms with Crippen molar-refractivity contribution in [3.63, 3.8) is 0 Å². The Bertz CT molecular complexity index is 393. The van der Waals surface area contributed by atoms with E-state index in [4.69, 9.17) is 0 Å². The van der Waals surface area contributed by atoms with Crippen molar-refractivity contribution in [2.24, 2.45) is 7.05 Å². The van der Waals surface area contributed by atoms with Gasteiger partial charge in [0.2, 0.25) is 0 Å². The van der Waals surface area contributed by atoms with E-state index in [1.165, 1.54) is 12.8 Å². The van der Waals surface area contributed by atoms with E-state index in [0.717, 1.165) is 18.7 Å². The average Bonchev–Trinajstić information content (AvgIpc) is 2.86.